The van der Waals surface area contributed by atoms with Crippen LogP contribution in [0.1, 0.15) is 40.0 Å². The van der Waals surface area contributed by atoms with Gasteiger partial charge in [-0.1, -0.05) is 6.42 Å². The summed E-state index contributed by atoms with van der Waals surface area (Å²) in [5.41, 5.74) is -0.0921. The number of alkyl halides is 3. The SMILES string of the molecule is CC(C)(C)NCC1(COCC(F)(F)F)CCC1. The van der Waals surface area contributed by atoms with Crippen molar-refractivity contribution in [1.29, 1.82) is 0 Å². The summed E-state index contributed by atoms with van der Waals surface area (Å²) >= 11 is 0. The first-order valence-corrected chi connectivity index (χ1v) is 6.02. The first-order chi connectivity index (χ1) is 7.62. The molecule has 1 rings (SSSR count). The second-order valence-electron chi connectivity index (χ2n) is 6.07. The molecule has 17 heavy (non-hydrogen) atoms. The van der Waals surface area contributed by atoms with E-state index in [2.05, 4.69) is 26.1 Å². The van der Waals surface area contributed by atoms with Crippen LogP contribution in [-0.2, 0) is 4.74 Å². The third kappa shape index (κ3) is 5.73. The Balaban J connectivity index is 2.31. The standard InChI is InChI=1S/C12H22F3NO/c1-10(2,3)16-7-11(5-4-6-11)8-17-9-12(13,14)15/h16H,4-9H2,1-3H3. The minimum atomic E-state index is -4.22. The highest BCUT2D eigenvalue weighted by Gasteiger charge is 2.39. The maximum Gasteiger partial charge on any atom is 0.411 e. The summed E-state index contributed by atoms with van der Waals surface area (Å²) in [6.07, 6.45) is -1.23. The molecule has 102 valence electrons. The molecule has 0 radical (unpaired) electrons. The molecule has 0 aliphatic heterocycles. The number of nitrogens with one attached hydrogen (secondary N) is 1. The molecule has 0 unspecified atom stereocenters. The molecule has 5 heteroatoms. The molecule has 1 aliphatic carbocycles. The lowest BCUT2D eigenvalue weighted by Gasteiger charge is -2.43. The Bertz CT molecular complexity index is 241. The van der Waals surface area contributed by atoms with Gasteiger partial charge in [0.2, 0.25) is 0 Å². The Labute approximate surface area is 101 Å². The number of hydrogen-bond acceptors (Lipinski definition) is 2. The van der Waals surface area contributed by atoms with Crippen molar-refractivity contribution in [2.24, 2.45) is 5.41 Å². The van der Waals surface area contributed by atoms with E-state index < -0.39 is 12.8 Å². The topological polar surface area (TPSA) is 21.3 Å². The molecule has 0 aromatic heterocycles. The molecule has 0 aromatic carbocycles. The van der Waals surface area contributed by atoms with E-state index >= 15 is 0 Å². The predicted molar refractivity (Wildman–Crippen MR) is 60.9 cm³/mol. The van der Waals surface area contributed by atoms with Gasteiger partial charge >= 0.3 is 6.18 Å². The lowest BCUT2D eigenvalue weighted by Crippen LogP contribution is -2.49. The van der Waals surface area contributed by atoms with Gasteiger partial charge in [0.25, 0.3) is 0 Å². The van der Waals surface area contributed by atoms with Crippen LogP contribution in [0.25, 0.3) is 0 Å². The molecule has 1 aliphatic rings. The van der Waals surface area contributed by atoms with Gasteiger partial charge in [-0.3, -0.25) is 0 Å². The zero-order valence-electron chi connectivity index (χ0n) is 10.8. The second-order valence-corrected chi connectivity index (χ2v) is 6.07. The maximum absolute atomic E-state index is 12.0. The molecular formula is C12H22F3NO. The van der Waals surface area contributed by atoms with Gasteiger partial charge in [-0.15, -0.1) is 0 Å². The molecule has 2 nitrogen and oxygen atoms in total. The van der Waals surface area contributed by atoms with Gasteiger partial charge in [0, 0.05) is 17.5 Å². The third-order valence-electron chi connectivity index (χ3n) is 3.08. The molecule has 0 aromatic rings. The molecule has 0 spiro atoms. The van der Waals surface area contributed by atoms with Crippen LogP contribution >= 0.6 is 0 Å². The molecule has 0 atom stereocenters. The van der Waals surface area contributed by atoms with Crippen molar-refractivity contribution < 1.29 is 17.9 Å². The Morgan fingerprint density at radius 2 is 1.76 bits per heavy atom. The van der Waals surface area contributed by atoms with Crippen molar-refractivity contribution in [1.82, 2.24) is 5.32 Å². The van der Waals surface area contributed by atoms with E-state index in [-0.39, 0.29) is 17.6 Å². The van der Waals surface area contributed by atoms with E-state index in [1.807, 2.05) is 0 Å². The largest absolute Gasteiger partial charge is 0.411 e. The first kappa shape index (κ1) is 14.8. The zero-order valence-corrected chi connectivity index (χ0v) is 10.8. The van der Waals surface area contributed by atoms with Crippen LogP contribution in [0.15, 0.2) is 0 Å². The Hall–Kier alpha value is -0.290. The van der Waals surface area contributed by atoms with Crippen LogP contribution < -0.4 is 5.32 Å². The van der Waals surface area contributed by atoms with Gasteiger partial charge < -0.3 is 10.1 Å². The quantitative estimate of drug-likeness (QED) is 0.812. The number of rotatable bonds is 5. The van der Waals surface area contributed by atoms with Gasteiger partial charge in [-0.2, -0.15) is 13.2 Å². The third-order valence-corrected chi connectivity index (χ3v) is 3.08. The molecule has 0 amide bonds. The molecule has 0 heterocycles. The Morgan fingerprint density at radius 3 is 2.12 bits per heavy atom. The van der Waals surface area contributed by atoms with Crippen LogP contribution in [0.2, 0.25) is 0 Å². The molecular weight excluding hydrogens is 231 g/mol. The van der Waals surface area contributed by atoms with Crippen molar-refractivity contribution in [3.05, 3.63) is 0 Å². The van der Waals surface area contributed by atoms with Crippen molar-refractivity contribution in [3.8, 4) is 0 Å². The van der Waals surface area contributed by atoms with Gasteiger partial charge in [0.15, 0.2) is 0 Å². The minimum Gasteiger partial charge on any atom is -0.371 e. The van der Waals surface area contributed by atoms with Gasteiger partial charge in [-0.25, -0.2) is 0 Å². The highest BCUT2D eigenvalue weighted by molar-refractivity contribution is 4.91. The summed E-state index contributed by atoms with van der Waals surface area (Å²) in [5, 5.41) is 3.35. The Kier molecular flexibility index (Phi) is 4.47. The lowest BCUT2D eigenvalue weighted by molar-refractivity contribution is -0.184. The number of ether oxygens (including phenoxy) is 1. The summed E-state index contributed by atoms with van der Waals surface area (Å²) < 4.78 is 40.8. The fourth-order valence-electron chi connectivity index (χ4n) is 1.88. The van der Waals surface area contributed by atoms with Gasteiger partial charge in [-0.05, 0) is 33.6 Å². The van der Waals surface area contributed by atoms with Crippen LogP contribution in [0.4, 0.5) is 13.2 Å². The summed E-state index contributed by atoms with van der Waals surface area (Å²) in [4.78, 5) is 0. The van der Waals surface area contributed by atoms with Crippen LogP contribution in [0.3, 0.4) is 0 Å². The van der Waals surface area contributed by atoms with E-state index in [0.29, 0.717) is 0 Å². The number of halogens is 3. The second kappa shape index (κ2) is 5.14. The zero-order chi connectivity index (χ0) is 13.2. The molecule has 1 fully saturated rings. The smallest absolute Gasteiger partial charge is 0.371 e. The summed E-state index contributed by atoms with van der Waals surface area (Å²) in [7, 11) is 0. The normalized spacial score (nSPS) is 20.1. The van der Waals surface area contributed by atoms with Gasteiger partial charge in [0.1, 0.15) is 6.61 Å². The predicted octanol–water partition coefficient (Wildman–Crippen LogP) is 3.12. The van der Waals surface area contributed by atoms with Crippen LogP contribution in [-0.4, -0.2) is 31.5 Å². The van der Waals surface area contributed by atoms with Crippen molar-refractivity contribution in [3.63, 3.8) is 0 Å². The van der Waals surface area contributed by atoms with E-state index in [9.17, 15) is 13.2 Å². The minimum absolute atomic E-state index is 0.00732. The van der Waals surface area contributed by atoms with Crippen molar-refractivity contribution in [2.75, 3.05) is 19.8 Å². The highest BCUT2D eigenvalue weighted by Crippen LogP contribution is 2.41. The lowest BCUT2D eigenvalue weighted by atomic mass is 9.69. The molecule has 0 bridgehead atoms. The van der Waals surface area contributed by atoms with Crippen LogP contribution in [0, 0.1) is 5.41 Å². The van der Waals surface area contributed by atoms with Crippen molar-refractivity contribution in [2.45, 2.75) is 51.7 Å². The van der Waals surface area contributed by atoms with Crippen molar-refractivity contribution >= 4 is 0 Å². The molecule has 1 N–H and O–H groups in total. The molecule has 0 saturated heterocycles. The fraction of sp³-hybridized carbons (Fsp3) is 1.00. The number of hydrogen-bond donors (Lipinski definition) is 1. The first-order valence-electron chi connectivity index (χ1n) is 6.02. The van der Waals surface area contributed by atoms with E-state index in [1.54, 1.807) is 0 Å². The summed E-state index contributed by atoms with van der Waals surface area (Å²) in [6, 6.07) is 0. The summed E-state index contributed by atoms with van der Waals surface area (Å²) in [5.74, 6) is 0. The maximum atomic E-state index is 12.0. The Morgan fingerprint density at radius 1 is 1.18 bits per heavy atom. The average molecular weight is 253 g/mol. The summed E-state index contributed by atoms with van der Waals surface area (Å²) in [6.45, 7) is 5.95. The molecule has 1 saturated carbocycles. The van der Waals surface area contributed by atoms with E-state index in [4.69, 9.17) is 4.74 Å². The monoisotopic (exact) mass is 253 g/mol. The van der Waals surface area contributed by atoms with E-state index in [1.165, 1.54) is 0 Å². The van der Waals surface area contributed by atoms with Gasteiger partial charge in [0.05, 0.1) is 6.61 Å². The highest BCUT2D eigenvalue weighted by atomic mass is 19.4. The fourth-order valence-corrected chi connectivity index (χ4v) is 1.88. The van der Waals surface area contributed by atoms with Crippen LogP contribution in [0.5, 0.6) is 0 Å². The van der Waals surface area contributed by atoms with E-state index in [0.717, 1.165) is 25.8 Å². The average Bonchev–Trinajstić information content (AvgIpc) is 2.04.